The van der Waals surface area contributed by atoms with E-state index in [-0.39, 0.29) is 52.9 Å². The van der Waals surface area contributed by atoms with Crippen LogP contribution in [0, 0.1) is 34.5 Å². The van der Waals surface area contributed by atoms with Crippen LogP contribution in [0.3, 0.4) is 0 Å². The van der Waals surface area contributed by atoms with Crippen LogP contribution in [0.5, 0.6) is 0 Å². The summed E-state index contributed by atoms with van der Waals surface area (Å²) in [4.78, 5) is 48.4. The van der Waals surface area contributed by atoms with Crippen LogP contribution in [0.2, 0.25) is 0 Å². The van der Waals surface area contributed by atoms with Crippen LogP contribution in [-0.2, 0) is 28.7 Å². The van der Waals surface area contributed by atoms with E-state index < -0.39 is 5.97 Å². The van der Waals surface area contributed by atoms with Crippen LogP contribution in [0.1, 0.15) is 72.6 Å². The second-order valence-electron chi connectivity index (χ2n) is 10.6. The molecule has 6 nitrogen and oxygen atoms in total. The summed E-state index contributed by atoms with van der Waals surface area (Å²) in [6.45, 7) is 7.01. The van der Waals surface area contributed by atoms with E-state index in [1.807, 2.05) is 6.08 Å². The number of carbonyl (C=O) groups excluding carboxylic acids is 4. The van der Waals surface area contributed by atoms with Crippen molar-refractivity contribution in [1.82, 2.24) is 0 Å². The molecule has 0 aromatic heterocycles. The SMILES string of the molecule is CC(=O)OCC(=O)[C@H]1CC[C@H]2[C@@H]3CCC4=CC(=O)CC[C@]4(C)[C@H]3[C@@H](OC(C)=O)C[C@]12C. The maximum Gasteiger partial charge on any atom is 0.303 e. The van der Waals surface area contributed by atoms with Crippen LogP contribution in [-0.4, -0.2) is 36.2 Å². The second-order valence-corrected chi connectivity index (χ2v) is 10.6. The molecule has 0 saturated heterocycles. The summed E-state index contributed by atoms with van der Waals surface area (Å²) < 4.78 is 11.0. The van der Waals surface area contributed by atoms with Crippen molar-refractivity contribution in [3.05, 3.63) is 11.6 Å². The first-order chi connectivity index (χ1) is 14.6. The number of rotatable bonds is 4. The molecule has 0 heterocycles. The third kappa shape index (κ3) is 3.66. The van der Waals surface area contributed by atoms with Crippen molar-refractivity contribution < 1.29 is 28.7 Å². The van der Waals surface area contributed by atoms with E-state index in [4.69, 9.17) is 9.47 Å². The van der Waals surface area contributed by atoms with Crippen molar-refractivity contribution in [1.29, 1.82) is 0 Å². The van der Waals surface area contributed by atoms with Crippen molar-refractivity contribution in [2.75, 3.05) is 6.61 Å². The van der Waals surface area contributed by atoms with E-state index in [1.165, 1.54) is 19.4 Å². The zero-order chi connectivity index (χ0) is 22.6. The number of esters is 2. The number of ketones is 2. The largest absolute Gasteiger partial charge is 0.462 e. The molecule has 31 heavy (non-hydrogen) atoms. The highest BCUT2D eigenvalue weighted by Gasteiger charge is 2.64. The van der Waals surface area contributed by atoms with E-state index in [2.05, 4.69) is 13.8 Å². The zero-order valence-electron chi connectivity index (χ0n) is 19.1. The van der Waals surface area contributed by atoms with Gasteiger partial charge in [0.25, 0.3) is 0 Å². The molecule has 0 radical (unpaired) electrons. The Morgan fingerprint density at radius 1 is 1.06 bits per heavy atom. The molecule has 0 aromatic rings. The van der Waals surface area contributed by atoms with Gasteiger partial charge in [-0.15, -0.1) is 0 Å². The fourth-order valence-electron chi connectivity index (χ4n) is 7.78. The number of allylic oxidation sites excluding steroid dienone is 1. The van der Waals surface area contributed by atoms with Crippen LogP contribution in [0.4, 0.5) is 0 Å². The second kappa shape index (κ2) is 7.86. The lowest BCUT2D eigenvalue weighted by Gasteiger charge is -2.60. The highest BCUT2D eigenvalue weighted by molar-refractivity contribution is 5.91. The average Bonchev–Trinajstić information content (AvgIpc) is 3.02. The average molecular weight is 431 g/mol. The van der Waals surface area contributed by atoms with Crippen LogP contribution >= 0.6 is 0 Å². The highest BCUT2D eigenvalue weighted by Crippen LogP contribution is 2.67. The Hall–Kier alpha value is -1.98. The Kier molecular flexibility index (Phi) is 5.63. The molecule has 4 rings (SSSR count). The smallest absolute Gasteiger partial charge is 0.303 e. The monoisotopic (exact) mass is 430 g/mol. The molecule has 4 aliphatic rings. The van der Waals surface area contributed by atoms with Crippen LogP contribution in [0.15, 0.2) is 11.6 Å². The fourth-order valence-corrected chi connectivity index (χ4v) is 7.78. The zero-order valence-corrected chi connectivity index (χ0v) is 19.1. The molecule has 4 aliphatic carbocycles. The Morgan fingerprint density at radius 3 is 2.48 bits per heavy atom. The van der Waals surface area contributed by atoms with E-state index in [0.717, 1.165) is 32.1 Å². The molecule has 6 heteroatoms. The van der Waals surface area contributed by atoms with Crippen molar-refractivity contribution in [3.63, 3.8) is 0 Å². The van der Waals surface area contributed by atoms with E-state index in [9.17, 15) is 19.2 Å². The molecule has 3 fully saturated rings. The van der Waals surface area contributed by atoms with E-state index >= 15 is 0 Å². The molecule has 0 N–H and O–H groups in total. The summed E-state index contributed by atoms with van der Waals surface area (Å²) in [5.74, 6) is 0.146. The van der Waals surface area contributed by atoms with Crippen molar-refractivity contribution in [2.45, 2.75) is 78.7 Å². The quantitative estimate of drug-likeness (QED) is 0.631. The Bertz CT molecular complexity index is 843. The van der Waals surface area contributed by atoms with Gasteiger partial charge in [-0.25, -0.2) is 0 Å². The lowest BCUT2D eigenvalue weighted by molar-refractivity contribution is -0.177. The molecule has 0 unspecified atom stereocenters. The van der Waals surface area contributed by atoms with E-state index in [1.54, 1.807) is 0 Å². The number of Topliss-reactive ketones (excluding diaryl/α,β-unsaturated/α-hetero) is 1. The van der Waals surface area contributed by atoms with Gasteiger partial charge < -0.3 is 9.47 Å². The van der Waals surface area contributed by atoms with Gasteiger partial charge in [-0.1, -0.05) is 19.4 Å². The van der Waals surface area contributed by atoms with Gasteiger partial charge in [-0.3, -0.25) is 19.2 Å². The molecule has 0 aromatic carbocycles. The molecule has 3 saturated carbocycles. The molecular weight excluding hydrogens is 396 g/mol. The molecular formula is C25H34O6. The Morgan fingerprint density at radius 2 is 1.81 bits per heavy atom. The predicted molar refractivity (Wildman–Crippen MR) is 113 cm³/mol. The van der Waals surface area contributed by atoms with Gasteiger partial charge in [-0.05, 0) is 67.3 Å². The minimum Gasteiger partial charge on any atom is -0.462 e. The van der Waals surface area contributed by atoms with Crippen molar-refractivity contribution in [2.24, 2.45) is 34.5 Å². The molecule has 0 aliphatic heterocycles. The minimum atomic E-state index is -0.444. The third-order valence-corrected chi connectivity index (χ3v) is 9.00. The Balaban J connectivity index is 1.68. The minimum absolute atomic E-state index is 0.0221. The summed E-state index contributed by atoms with van der Waals surface area (Å²) >= 11 is 0. The van der Waals surface area contributed by atoms with Gasteiger partial charge in [0, 0.05) is 32.1 Å². The van der Waals surface area contributed by atoms with Crippen molar-refractivity contribution in [3.8, 4) is 0 Å². The highest BCUT2D eigenvalue weighted by atomic mass is 16.5. The lowest BCUT2D eigenvalue weighted by Crippen LogP contribution is -2.58. The number of hydrogen-bond acceptors (Lipinski definition) is 6. The van der Waals surface area contributed by atoms with Gasteiger partial charge in [0.1, 0.15) is 12.7 Å². The van der Waals surface area contributed by atoms with Gasteiger partial charge in [-0.2, -0.15) is 0 Å². The number of fused-ring (bicyclic) bond motifs is 5. The van der Waals surface area contributed by atoms with Gasteiger partial charge in [0.05, 0.1) is 0 Å². The molecule has 7 atom stereocenters. The predicted octanol–water partition coefficient (Wildman–Crippen LogP) is 3.81. The molecule has 0 spiro atoms. The van der Waals surface area contributed by atoms with E-state index in [0.29, 0.717) is 24.7 Å². The number of carbonyl (C=O) groups is 4. The van der Waals surface area contributed by atoms with Crippen LogP contribution < -0.4 is 0 Å². The Labute approximate surface area is 184 Å². The maximum absolute atomic E-state index is 13.0. The van der Waals surface area contributed by atoms with Gasteiger partial charge in [0.2, 0.25) is 0 Å². The standard InChI is InChI=1S/C25H34O6/c1-14(26)30-13-21(29)20-8-7-19-18-6-5-16-11-17(28)9-10-24(16,3)23(18)22(31-15(2)27)12-25(19,20)4/h11,18-20,22-23H,5-10,12-13H2,1-4H3/t18-,19-,20+,22-,23+,24-,25-/m0/s1. The first-order valence-electron chi connectivity index (χ1n) is 11.6. The molecule has 0 bridgehead atoms. The normalized spacial score (nSPS) is 41.4. The fraction of sp³-hybridized carbons (Fsp3) is 0.760. The summed E-state index contributed by atoms with van der Waals surface area (Å²) in [6, 6.07) is 0. The summed E-state index contributed by atoms with van der Waals surface area (Å²) in [5.41, 5.74) is 0.796. The molecule has 170 valence electrons. The first kappa shape index (κ1) is 22.2. The summed E-state index contributed by atoms with van der Waals surface area (Å²) in [5, 5.41) is 0. The van der Waals surface area contributed by atoms with Gasteiger partial charge in [0.15, 0.2) is 11.6 Å². The first-order valence-corrected chi connectivity index (χ1v) is 11.6. The molecule has 0 amide bonds. The third-order valence-electron chi connectivity index (χ3n) is 9.00. The summed E-state index contributed by atoms with van der Waals surface area (Å²) in [7, 11) is 0. The topological polar surface area (TPSA) is 86.7 Å². The van der Waals surface area contributed by atoms with Crippen molar-refractivity contribution >= 4 is 23.5 Å². The number of hydrogen-bond donors (Lipinski definition) is 0. The van der Waals surface area contributed by atoms with Crippen LogP contribution in [0.25, 0.3) is 0 Å². The number of ether oxygens (including phenoxy) is 2. The maximum atomic E-state index is 13.0. The lowest BCUT2D eigenvalue weighted by atomic mass is 9.46. The van der Waals surface area contributed by atoms with Gasteiger partial charge >= 0.3 is 11.9 Å². The summed E-state index contributed by atoms with van der Waals surface area (Å²) in [6.07, 6.45) is 7.18.